The highest BCUT2D eigenvalue weighted by molar-refractivity contribution is 6.34. The molecule has 7 heteroatoms. The molecule has 0 saturated heterocycles. The molecule has 110 valence electrons. The lowest BCUT2D eigenvalue weighted by Gasteiger charge is -2.09. The lowest BCUT2D eigenvalue weighted by molar-refractivity contribution is -0.105. The molecule has 0 atom stereocenters. The molecule has 0 saturated carbocycles. The van der Waals surface area contributed by atoms with Crippen LogP contribution in [0.25, 0.3) is 0 Å². The van der Waals surface area contributed by atoms with E-state index in [9.17, 15) is 14.0 Å². The molecule has 0 radical (unpaired) electrons. The van der Waals surface area contributed by atoms with Crippen LogP contribution >= 0.6 is 11.6 Å². The maximum Gasteiger partial charge on any atom is 0.257 e. The molecular weight excluding hydrogens is 309 g/mol. The first-order chi connectivity index (χ1) is 10.5. The van der Waals surface area contributed by atoms with Crippen LogP contribution in [0.5, 0.6) is 0 Å². The van der Waals surface area contributed by atoms with Crippen LogP contribution in [0.2, 0.25) is 5.02 Å². The molecule has 0 aliphatic rings. The molecule has 0 unspecified atom stereocenters. The standard InChI is InChI=1S/C15H9ClFN3O2/c16-13-3-2-11(19-8-21)6-12(13)15(22)20-14-4-1-10(17)5-9(14)7-18/h1-6,8H,(H,19,21)(H,20,22). The van der Waals surface area contributed by atoms with Crippen molar-refractivity contribution < 1.29 is 14.0 Å². The fraction of sp³-hybridized carbons (Fsp3) is 0. The number of amides is 2. The molecule has 2 amide bonds. The van der Waals surface area contributed by atoms with Crippen LogP contribution in [0, 0.1) is 17.1 Å². The lowest BCUT2D eigenvalue weighted by atomic mass is 10.1. The van der Waals surface area contributed by atoms with Crippen molar-refractivity contribution in [1.29, 1.82) is 5.26 Å². The molecule has 0 heterocycles. The maximum atomic E-state index is 13.1. The third-order valence-corrected chi connectivity index (χ3v) is 3.12. The van der Waals surface area contributed by atoms with Gasteiger partial charge in [-0.05, 0) is 36.4 Å². The first kappa shape index (κ1) is 15.5. The summed E-state index contributed by atoms with van der Waals surface area (Å²) >= 11 is 5.95. The Morgan fingerprint density at radius 1 is 1.27 bits per heavy atom. The second-order valence-electron chi connectivity index (χ2n) is 4.21. The number of nitrogens with zero attached hydrogens (tertiary/aromatic N) is 1. The zero-order valence-electron chi connectivity index (χ0n) is 11.1. The summed E-state index contributed by atoms with van der Waals surface area (Å²) in [5.74, 6) is -1.16. The summed E-state index contributed by atoms with van der Waals surface area (Å²) in [6.07, 6.45) is 0.471. The topological polar surface area (TPSA) is 82.0 Å². The van der Waals surface area contributed by atoms with Crippen LogP contribution in [0.4, 0.5) is 15.8 Å². The van der Waals surface area contributed by atoms with Crippen molar-refractivity contribution >= 4 is 35.3 Å². The van der Waals surface area contributed by atoms with Crippen molar-refractivity contribution in [2.75, 3.05) is 10.6 Å². The maximum absolute atomic E-state index is 13.1. The zero-order valence-corrected chi connectivity index (χ0v) is 11.8. The normalized spacial score (nSPS) is 9.68. The van der Waals surface area contributed by atoms with E-state index in [1.165, 1.54) is 24.3 Å². The van der Waals surface area contributed by atoms with Gasteiger partial charge < -0.3 is 10.6 Å². The third-order valence-electron chi connectivity index (χ3n) is 2.79. The first-order valence-electron chi connectivity index (χ1n) is 6.06. The van der Waals surface area contributed by atoms with Crippen molar-refractivity contribution in [1.82, 2.24) is 0 Å². The Labute approximate surface area is 130 Å². The molecule has 0 bridgehead atoms. The number of benzene rings is 2. The van der Waals surface area contributed by atoms with E-state index in [0.29, 0.717) is 12.1 Å². The predicted molar refractivity (Wildman–Crippen MR) is 80.2 cm³/mol. The summed E-state index contributed by atoms with van der Waals surface area (Å²) in [5.41, 5.74) is 0.663. The van der Waals surface area contributed by atoms with Gasteiger partial charge >= 0.3 is 0 Å². The number of hydrogen-bond donors (Lipinski definition) is 2. The Morgan fingerprint density at radius 2 is 2.05 bits per heavy atom. The van der Waals surface area contributed by atoms with Gasteiger partial charge in [-0.25, -0.2) is 4.39 Å². The summed E-state index contributed by atoms with van der Waals surface area (Å²) in [4.78, 5) is 22.7. The summed E-state index contributed by atoms with van der Waals surface area (Å²) < 4.78 is 13.1. The first-order valence-corrected chi connectivity index (χ1v) is 6.43. The van der Waals surface area contributed by atoms with Crippen LogP contribution < -0.4 is 10.6 Å². The van der Waals surface area contributed by atoms with Gasteiger partial charge in [0.1, 0.15) is 11.9 Å². The van der Waals surface area contributed by atoms with Crippen LogP contribution in [0.1, 0.15) is 15.9 Å². The number of nitriles is 1. The highest BCUT2D eigenvalue weighted by Crippen LogP contribution is 2.23. The van der Waals surface area contributed by atoms with Crippen molar-refractivity contribution in [2.24, 2.45) is 0 Å². The molecule has 2 N–H and O–H groups in total. The van der Waals surface area contributed by atoms with Gasteiger partial charge in [0.2, 0.25) is 6.41 Å². The van der Waals surface area contributed by atoms with E-state index >= 15 is 0 Å². The minimum absolute atomic E-state index is 0.00774. The van der Waals surface area contributed by atoms with Gasteiger partial charge in [0.05, 0.1) is 21.8 Å². The van der Waals surface area contributed by atoms with Crippen LogP contribution in [-0.4, -0.2) is 12.3 Å². The number of halogens is 2. The molecule has 5 nitrogen and oxygen atoms in total. The second-order valence-corrected chi connectivity index (χ2v) is 4.62. The van der Waals surface area contributed by atoms with Crippen LogP contribution in [0.3, 0.4) is 0 Å². The number of carbonyl (C=O) groups is 2. The third kappa shape index (κ3) is 3.40. The van der Waals surface area contributed by atoms with E-state index in [-0.39, 0.29) is 21.8 Å². The molecule has 0 aromatic heterocycles. The van der Waals surface area contributed by atoms with E-state index in [4.69, 9.17) is 16.9 Å². The number of hydrogen-bond acceptors (Lipinski definition) is 3. The smallest absolute Gasteiger partial charge is 0.257 e. The van der Waals surface area contributed by atoms with Crippen molar-refractivity contribution in [3.63, 3.8) is 0 Å². The van der Waals surface area contributed by atoms with Gasteiger partial charge in [-0.1, -0.05) is 11.6 Å². The summed E-state index contributed by atoms with van der Waals surface area (Å²) in [5, 5.41) is 14.0. The zero-order chi connectivity index (χ0) is 16.1. The quantitative estimate of drug-likeness (QED) is 0.850. The molecule has 0 fully saturated rings. The minimum Gasteiger partial charge on any atom is -0.329 e. The van der Waals surface area contributed by atoms with E-state index in [0.717, 1.165) is 12.1 Å². The molecule has 2 rings (SSSR count). The molecule has 2 aromatic carbocycles. The Bertz CT molecular complexity index is 787. The summed E-state index contributed by atoms with van der Waals surface area (Å²) in [6.45, 7) is 0. The fourth-order valence-electron chi connectivity index (χ4n) is 1.76. The Morgan fingerprint density at radius 3 is 2.73 bits per heavy atom. The monoisotopic (exact) mass is 317 g/mol. The highest BCUT2D eigenvalue weighted by atomic mass is 35.5. The minimum atomic E-state index is -0.581. The molecular formula is C15H9ClFN3O2. The molecule has 22 heavy (non-hydrogen) atoms. The summed E-state index contributed by atoms with van der Waals surface area (Å²) in [7, 11) is 0. The van der Waals surface area contributed by atoms with E-state index in [2.05, 4.69) is 10.6 Å². The van der Waals surface area contributed by atoms with Crippen LogP contribution in [-0.2, 0) is 4.79 Å². The molecule has 0 aliphatic carbocycles. The Kier molecular flexibility index (Phi) is 4.71. The van der Waals surface area contributed by atoms with Gasteiger partial charge in [0, 0.05) is 5.69 Å². The second kappa shape index (κ2) is 6.70. The van der Waals surface area contributed by atoms with Crippen molar-refractivity contribution in [2.45, 2.75) is 0 Å². The fourth-order valence-corrected chi connectivity index (χ4v) is 1.97. The molecule has 0 aliphatic heterocycles. The lowest BCUT2D eigenvalue weighted by Crippen LogP contribution is -2.14. The highest BCUT2D eigenvalue weighted by Gasteiger charge is 2.14. The largest absolute Gasteiger partial charge is 0.329 e. The van der Waals surface area contributed by atoms with Gasteiger partial charge in [-0.15, -0.1) is 0 Å². The number of carbonyl (C=O) groups excluding carboxylic acids is 2. The van der Waals surface area contributed by atoms with Crippen molar-refractivity contribution in [3.05, 3.63) is 58.4 Å². The van der Waals surface area contributed by atoms with Crippen LogP contribution in [0.15, 0.2) is 36.4 Å². The van der Waals surface area contributed by atoms with Gasteiger partial charge in [-0.2, -0.15) is 5.26 Å². The molecule has 0 spiro atoms. The number of rotatable bonds is 4. The number of nitrogens with one attached hydrogen (secondary N) is 2. The van der Waals surface area contributed by atoms with E-state index in [1.807, 2.05) is 0 Å². The number of anilines is 2. The Hall–Kier alpha value is -2.91. The van der Waals surface area contributed by atoms with E-state index < -0.39 is 11.7 Å². The van der Waals surface area contributed by atoms with Crippen molar-refractivity contribution in [3.8, 4) is 6.07 Å². The molecule has 2 aromatic rings. The summed E-state index contributed by atoms with van der Waals surface area (Å²) in [6, 6.07) is 9.60. The predicted octanol–water partition coefficient (Wildman–Crippen LogP) is 3.17. The average Bonchev–Trinajstić information content (AvgIpc) is 2.51. The average molecular weight is 318 g/mol. The van der Waals surface area contributed by atoms with Gasteiger partial charge in [0.15, 0.2) is 0 Å². The van der Waals surface area contributed by atoms with E-state index in [1.54, 1.807) is 6.07 Å². The SMILES string of the molecule is N#Cc1cc(F)ccc1NC(=O)c1cc(NC=O)ccc1Cl. The van der Waals surface area contributed by atoms with Gasteiger partial charge in [0.25, 0.3) is 5.91 Å². The Balaban J connectivity index is 2.32. The van der Waals surface area contributed by atoms with Gasteiger partial charge in [-0.3, -0.25) is 9.59 Å².